The fourth-order valence-electron chi connectivity index (χ4n) is 5.13. The van der Waals surface area contributed by atoms with Gasteiger partial charge in [-0.05, 0) is 37.5 Å². The van der Waals surface area contributed by atoms with Crippen LogP contribution in [-0.4, -0.2) is 48.0 Å². The minimum atomic E-state index is -0.184. The van der Waals surface area contributed by atoms with E-state index in [2.05, 4.69) is 49.8 Å². The highest BCUT2D eigenvalue weighted by molar-refractivity contribution is 5.92. The molecule has 5 rings (SSSR count). The first kappa shape index (κ1) is 18.9. The zero-order valence-electron chi connectivity index (χ0n) is 16.6. The molecule has 2 aromatic rings. The van der Waals surface area contributed by atoms with Crippen molar-refractivity contribution in [2.75, 3.05) is 11.9 Å². The number of anilines is 1. The molecule has 0 spiro atoms. The van der Waals surface area contributed by atoms with Gasteiger partial charge in [0, 0.05) is 47.5 Å². The van der Waals surface area contributed by atoms with E-state index in [4.69, 9.17) is 5.73 Å². The van der Waals surface area contributed by atoms with Gasteiger partial charge in [0.25, 0.3) is 0 Å². The van der Waals surface area contributed by atoms with E-state index in [-0.39, 0.29) is 42.4 Å². The van der Waals surface area contributed by atoms with Crippen molar-refractivity contribution in [1.29, 1.82) is 0 Å². The Morgan fingerprint density at radius 2 is 1.97 bits per heavy atom. The molecule has 8 nitrogen and oxygen atoms in total. The van der Waals surface area contributed by atoms with Gasteiger partial charge in [-0.15, -0.1) is 0 Å². The monoisotopic (exact) mass is 397 g/mol. The number of hydrogen-bond donors (Lipinski definition) is 7. The number of fused-ring (bicyclic) bond motifs is 2. The Balaban J connectivity index is 1.38. The number of nitrogens with one attached hydrogen (secondary N) is 6. The molecule has 0 radical (unpaired) electrons. The van der Waals surface area contributed by atoms with Crippen LogP contribution < -0.4 is 32.3 Å². The normalized spacial score (nSPS) is 35.1. The molecule has 6 atom stereocenters. The molecular weight excluding hydrogens is 366 g/mol. The molecule has 8 heteroatoms. The van der Waals surface area contributed by atoms with Gasteiger partial charge in [-0.1, -0.05) is 18.9 Å². The minimum absolute atomic E-state index is 0.0840. The van der Waals surface area contributed by atoms with E-state index < -0.39 is 0 Å². The molecule has 1 aromatic heterocycles. The topological polar surface area (TPSA) is 119 Å². The van der Waals surface area contributed by atoms with Crippen LogP contribution in [0.25, 0.3) is 10.9 Å². The smallest absolute Gasteiger partial charge is 0.228 e. The largest absolute Gasteiger partial charge is 0.368 e. The fourth-order valence-corrected chi connectivity index (χ4v) is 5.13. The van der Waals surface area contributed by atoms with Gasteiger partial charge in [0.1, 0.15) is 6.29 Å². The zero-order chi connectivity index (χ0) is 19.8. The number of amides is 1. The van der Waals surface area contributed by atoms with E-state index in [1.54, 1.807) is 0 Å². The first-order valence-electron chi connectivity index (χ1n) is 10.8. The first-order chi connectivity index (χ1) is 14.2. The van der Waals surface area contributed by atoms with E-state index in [9.17, 15) is 4.79 Å². The standard InChI is InChI=1S/C21H31N7O/c22-13-4-1-2-5-16(13)26-21-27-17-9-11-24-20(29)18(17)19(28-21)25-15-7-3-6-14-12(15)8-10-23-14/h3,6-8,10,13,16-19,21,23,25-28H,1-2,4-5,9,11,22H2,(H,24,29)/t13-,16+,17?,18?,19?,21?/m0/s1. The molecule has 3 fully saturated rings. The third-order valence-corrected chi connectivity index (χ3v) is 6.68. The lowest BCUT2D eigenvalue weighted by Gasteiger charge is -2.47. The van der Waals surface area contributed by atoms with Crippen molar-refractivity contribution in [3.63, 3.8) is 0 Å². The number of benzene rings is 1. The minimum Gasteiger partial charge on any atom is -0.368 e. The Labute approximate surface area is 170 Å². The number of H-pyrrole nitrogens is 1. The highest BCUT2D eigenvalue weighted by Gasteiger charge is 2.44. The molecule has 4 unspecified atom stereocenters. The van der Waals surface area contributed by atoms with Crippen molar-refractivity contribution < 1.29 is 4.79 Å². The van der Waals surface area contributed by atoms with Crippen LogP contribution in [0.4, 0.5) is 5.69 Å². The lowest BCUT2D eigenvalue weighted by Crippen LogP contribution is -2.75. The van der Waals surface area contributed by atoms with Crippen LogP contribution in [0.5, 0.6) is 0 Å². The molecule has 2 aliphatic heterocycles. The molecular formula is C21H31N7O. The number of carbonyl (C=O) groups excluding carboxylic acids is 1. The van der Waals surface area contributed by atoms with Crippen molar-refractivity contribution in [2.45, 2.75) is 62.7 Å². The van der Waals surface area contributed by atoms with Crippen LogP contribution in [-0.2, 0) is 4.79 Å². The van der Waals surface area contributed by atoms with Gasteiger partial charge < -0.3 is 21.4 Å². The van der Waals surface area contributed by atoms with Crippen molar-refractivity contribution in [3.8, 4) is 0 Å². The summed E-state index contributed by atoms with van der Waals surface area (Å²) in [4.78, 5) is 16.0. The number of piperidine rings is 1. The number of carbonyl (C=O) groups is 1. The summed E-state index contributed by atoms with van der Waals surface area (Å²) in [5.41, 5.74) is 8.46. The molecule has 3 heterocycles. The van der Waals surface area contributed by atoms with Crippen LogP contribution >= 0.6 is 0 Å². The molecule has 0 bridgehead atoms. The maximum absolute atomic E-state index is 12.7. The highest BCUT2D eigenvalue weighted by Crippen LogP contribution is 2.27. The maximum atomic E-state index is 12.7. The van der Waals surface area contributed by atoms with Crippen LogP contribution in [0, 0.1) is 5.92 Å². The number of aromatic amines is 1. The van der Waals surface area contributed by atoms with E-state index in [1.807, 2.05) is 12.3 Å². The van der Waals surface area contributed by atoms with Gasteiger partial charge in [-0.2, -0.15) is 0 Å². The predicted molar refractivity (Wildman–Crippen MR) is 114 cm³/mol. The summed E-state index contributed by atoms with van der Waals surface area (Å²) in [5, 5.41) is 18.7. The Morgan fingerprint density at radius 3 is 2.86 bits per heavy atom. The van der Waals surface area contributed by atoms with Crippen molar-refractivity contribution >= 4 is 22.5 Å². The predicted octanol–water partition coefficient (Wildman–Crippen LogP) is 0.747. The van der Waals surface area contributed by atoms with E-state index in [0.29, 0.717) is 6.54 Å². The highest BCUT2D eigenvalue weighted by atomic mass is 16.2. The average molecular weight is 398 g/mol. The molecule has 1 aromatic carbocycles. The number of hydrogen-bond acceptors (Lipinski definition) is 6. The van der Waals surface area contributed by atoms with E-state index in [0.717, 1.165) is 35.9 Å². The number of nitrogens with two attached hydrogens (primary N) is 1. The fraction of sp³-hybridized carbons (Fsp3) is 0.571. The summed E-state index contributed by atoms with van der Waals surface area (Å²) in [6, 6.07) is 8.79. The molecule has 1 aliphatic carbocycles. The second kappa shape index (κ2) is 7.95. The molecule has 8 N–H and O–H groups in total. The van der Waals surface area contributed by atoms with Crippen LogP contribution in [0.15, 0.2) is 30.5 Å². The maximum Gasteiger partial charge on any atom is 0.228 e. The van der Waals surface area contributed by atoms with E-state index in [1.165, 1.54) is 12.8 Å². The third kappa shape index (κ3) is 3.73. The Kier molecular flexibility index (Phi) is 5.17. The van der Waals surface area contributed by atoms with Gasteiger partial charge in [0.2, 0.25) is 5.91 Å². The lowest BCUT2D eigenvalue weighted by atomic mass is 9.87. The molecule has 1 amide bonds. The summed E-state index contributed by atoms with van der Waals surface area (Å²) in [6.07, 6.45) is 7.17. The summed E-state index contributed by atoms with van der Waals surface area (Å²) in [7, 11) is 0. The number of rotatable bonds is 4. The summed E-state index contributed by atoms with van der Waals surface area (Å²) in [6.45, 7) is 0.711. The summed E-state index contributed by atoms with van der Waals surface area (Å²) >= 11 is 0. The average Bonchev–Trinajstić information content (AvgIpc) is 3.20. The van der Waals surface area contributed by atoms with Crippen LogP contribution in [0.3, 0.4) is 0 Å². The zero-order valence-corrected chi connectivity index (χ0v) is 16.6. The van der Waals surface area contributed by atoms with Crippen LogP contribution in [0.1, 0.15) is 32.1 Å². The molecule has 1 saturated carbocycles. The molecule has 29 heavy (non-hydrogen) atoms. The molecule has 3 aliphatic rings. The first-order valence-corrected chi connectivity index (χ1v) is 10.8. The van der Waals surface area contributed by atoms with Gasteiger partial charge in [0.15, 0.2) is 0 Å². The Hall–Kier alpha value is -2.13. The quantitative estimate of drug-likeness (QED) is 0.409. The number of aromatic nitrogens is 1. The third-order valence-electron chi connectivity index (χ3n) is 6.68. The summed E-state index contributed by atoms with van der Waals surface area (Å²) in [5.74, 6) is -0.0937. The second-order valence-electron chi connectivity index (χ2n) is 8.57. The van der Waals surface area contributed by atoms with Crippen molar-refractivity contribution in [2.24, 2.45) is 11.7 Å². The van der Waals surface area contributed by atoms with Gasteiger partial charge in [-0.3, -0.25) is 20.7 Å². The summed E-state index contributed by atoms with van der Waals surface area (Å²) < 4.78 is 0. The van der Waals surface area contributed by atoms with E-state index >= 15 is 0 Å². The van der Waals surface area contributed by atoms with Gasteiger partial charge in [-0.25, -0.2) is 0 Å². The molecule has 2 saturated heterocycles. The molecule has 156 valence electrons. The SMILES string of the molecule is N[C@H]1CCCC[C@H]1NC1NC2CCNC(=O)C2C(Nc2cccc3[nH]ccc23)N1. The lowest BCUT2D eigenvalue weighted by molar-refractivity contribution is -0.130. The Bertz CT molecular complexity index is 868. The second-order valence-corrected chi connectivity index (χ2v) is 8.57. The van der Waals surface area contributed by atoms with Crippen molar-refractivity contribution in [1.82, 2.24) is 26.3 Å². The van der Waals surface area contributed by atoms with Crippen LogP contribution in [0.2, 0.25) is 0 Å². The Morgan fingerprint density at radius 1 is 1.07 bits per heavy atom. The van der Waals surface area contributed by atoms with Crippen molar-refractivity contribution in [3.05, 3.63) is 30.5 Å². The van der Waals surface area contributed by atoms with Gasteiger partial charge in [0.05, 0.1) is 12.1 Å². The van der Waals surface area contributed by atoms with Gasteiger partial charge >= 0.3 is 0 Å².